The Morgan fingerprint density at radius 1 is 1.05 bits per heavy atom. The number of fused-ring (bicyclic) bond motifs is 2. The van der Waals surface area contributed by atoms with Gasteiger partial charge in [-0.3, -0.25) is 4.90 Å². The number of rotatable bonds is 3. The second kappa shape index (κ2) is 5.56. The summed E-state index contributed by atoms with van der Waals surface area (Å²) in [4.78, 5) is 2.50. The number of aliphatic hydroxyl groups is 1. The van der Waals surface area contributed by atoms with Crippen molar-refractivity contribution in [2.75, 3.05) is 13.1 Å². The zero-order chi connectivity index (χ0) is 15.1. The van der Waals surface area contributed by atoms with Crippen molar-refractivity contribution >= 4 is 0 Å². The predicted molar refractivity (Wildman–Crippen MR) is 86.4 cm³/mol. The van der Waals surface area contributed by atoms with Crippen LogP contribution in [-0.2, 0) is 6.54 Å². The Balaban J connectivity index is 1.44. The number of piperidine rings is 1. The van der Waals surface area contributed by atoms with Gasteiger partial charge in [-0.15, -0.1) is 0 Å². The number of benzene rings is 1. The highest BCUT2D eigenvalue weighted by atomic mass is 16.3. The Morgan fingerprint density at radius 2 is 1.73 bits per heavy atom. The van der Waals surface area contributed by atoms with Crippen molar-refractivity contribution in [1.82, 2.24) is 4.90 Å². The van der Waals surface area contributed by atoms with Gasteiger partial charge in [-0.25, -0.2) is 0 Å². The molecule has 2 heterocycles. The van der Waals surface area contributed by atoms with E-state index >= 15 is 0 Å². The molecular formula is C19H23NO2. The van der Waals surface area contributed by atoms with E-state index in [0.29, 0.717) is 11.8 Å². The minimum atomic E-state index is -0.0548. The number of aliphatic hydroxyl groups excluding tert-OH is 1. The lowest BCUT2D eigenvalue weighted by Crippen LogP contribution is -2.44. The number of nitrogens with zero attached hydrogens (tertiary/aromatic N) is 1. The molecular weight excluding hydrogens is 274 g/mol. The van der Waals surface area contributed by atoms with E-state index in [-0.39, 0.29) is 6.10 Å². The molecule has 0 spiro atoms. The summed E-state index contributed by atoms with van der Waals surface area (Å²) in [6.45, 7) is 5.03. The summed E-state index contributed by atoms with van der Waals surface area (Å²) >= 11 is 0. The zero-order valence-corrected chi connectivity index (χ0v) is 13.0. The summed E-state index contributed by atoms with van der Waals surface area (Å²) in [6.07, 6.45) is 2.33. The van der Waals surface area contributed by atoms with Crippen LogP contribution >= 0.6 is 0 Å². The fourth-order valence-corrected chi connectivity index (χ4v) is 4.04. The van der Waals surface area contributed by atoms with Crippen molar-refractivity contribution in [3.63, 3.8) is 0 Å². The predicted octanol–water partition coefficient (Wildman–Crippen LogP) is 3.46. The Morgan fingerprint density at radius 3 is 2.32 bits per heavy atom. The van der Waals surface area contributed by atoms with Gasteiger partial charge in [0.1, 0.15) is 11.5 Å². The van der Waals surface area contributed by atoms with Gasteiger partial charge in [0.15, 0.2) is 0 Å². The highest BCUT2D eigenvalue weighted by Crippen LogP contribution is 2.37. The molecule has 0 radical (unpaired) electrons. The third kappa shape index (κ3) is 2.59. The molecule has 1 aliphatic heterocycles. The van der Waals surface area contributed by atoms with E-state index in [1.54, 1.807) is 0 Å². The molecule has 116 valence electrons. The van der Waals surface area contributed by atoms with Crippen LogP contribution in [0.15, 0.2) is 40.8 Å². The van der Waals surface area contributed by atoms with Crippen LogP contribution in [0.1, 0.15) is 24.2 Å². The van der Waals surface area contributed by atoms with Crippen molar-refractivity contribution in [2.24, 2.45) is 11.8 Å². The number of hydrogen-bond donors (Lipinski definition) is 1. The molecule has 1 aromatic heterocycles. The van der Waals surface area contributed by atoms with Crippen molar-refractivity contribution in [2.45, 2.75) is 32.4 Å². The molecule has 2 fully saturated rings. The van der Waals surface area contributed by atoms with Crippen LogP contribution in [-0.4, -0.2) is 29.2 Å². The van der Waals surface area contributed by atoms with Crippen LogP contribution in [0.3, 0.4) is 0 Å². The molecule has 2 aromatic rings. The van der Waals surface area contributed by atoms with E-state index in [1.807, 2.05) is 19.1 Å². The van der Waals surface area contributed by atoms with Gasteiger partial charge in [0.25, 0.3) is 0 Å². The zero-order valence-electron chi connectivity index (χ0n) is 13.0. The van der Waals surface area contributed by atoms with E-state index in [1.165, 1.54) is 18.4 Å². The standard InChI is InChI=1S/C19H23NO2/c1-13-2-9-18(22-13)15-5-3-14(4-6-15)10-20-11-16-7-8-17(12-20)19(16)21/h2-6,9,16-17,19,21H,7-8,10-12H2,1H3/t16-,17+,19?. The summed E-state index contributed by atoms with van der Waals surface area (Å²) in [7, 11) is 0. The van der Waals surface area contributed by atoms with E-state index in [0.717, 1.165) is 36.7 Å². The Bertz CT molecular complexity index is 632. The second-order valence-corrected chi connectivity index (χ2v) is 6.89. The first-order valence-electron chi connectivity index (χ1n) is 8.25. The largest absolute Gasteiger partial charge is 0.461 e. The molecule has 2 aliphatic rings. The van der Waals surface area contributed by atoms with Gasteiger partial charge in [-0.1, -0.05) is 24.3 Å². The maximum absolute atomic E-state index is 10.1. The van der Waals surface area contributed by atoms with E-state index in [2.05, 4.69) is 29.2 Å². The molecule has 1 unspecified atom stereocenters. The summed E-state index contributed by atoms with van der Waals surface area (Å²) in [5.41, 5.74) is 2.47. The lowest BCUT2D eigenvalue weighted by Gasteiger charge is -2.35. The molecule has 2 bridgehead atoms. The van der Waals surface area contributed by atoms with Gasteiger partial charge in [0.2, 0.25) is 0 Å². The van der Waals surface area contributed by atoms with Gasteiger partial charge in [-0.2, -0.15) is 0 Å². The smallest absolute Gasteiger partial charge is 0.134 e. The highest BCUT2D eigenvalue weighted by Gasteiger charge is 2.40. The van der Waals surface area contributed by atoms with Crippen LogP contribution in [0.4, 0.5) is 0 Å². The van der Waals surface area contributed by atoms with E-state index in [4.69, 9.17) is 4.42 Å². The normalized spacial score (nSPS) is 28.2. The molecule has 3 atom stereocenters. The Hall–Kier alpha value is -1.58. The Labute approximate surface area is 131 Å². The molecule has 3 nitrogen and oxygen atoms in total. The van der Waals surface area contributed by atoms with Gasteiger partial charge < -0.3 is 9.52 Å². The monoisotopic (exact) mass is 297 g/mol. The molecule has 0 amide bonds. The minimum absolute atomic E-state index is 0.0548. The van der Waals surface area contributed by atoms with Crippen LogP contribution in [0.2, 0.25) is 0 Å². The quantitative estimate of drug-likeness (QED) is 0.942. The van der Waals surface area contributed by atoms with Crippen LogP contribution in [0.5, 0.6) is 0 Å². The Kier molecular flexibility index (Phi) is 3.55. The van der Waals surface area contributed by atoms with Crippen LogP contribution in [0, 0.1) is 18.8 Å². The van der Waals surface area contributed by atoms with Crippen molar-refractivity contribution in [3.05, 3.63) is 47.7 Å². The maximum Gasteiger partial charge on any atom is 0.134 e. The first-order valence-corrected chi connectivity index (χ1v) is 8.25. The van der Waals surface area contributed by atoms with Crippen molar-refractivity contribution in [1.29, 1.82) is 0 Å². The maximum atomic E-state index is 10.1. The van der Waals surface area contributed by atoms with E-state index in [9.17, 15) is 5.11 Å². The summed E-state index contributed by atoms with van der Waals surface area (Å²) in [6, 6.07) is 12.7. The number of likely N-dealkylation sites (tertiary alicyclic amines) is 1. The SMILES string of the molecule is Cc1ccc(-c2ccc(CN3C[C@H]4CC[C@@H](C3)C4O)cc2)o1. The van der Waals surface area contributed by atoms with Gasteiger partial charge in [-0.05, 0) is 49.3 Å². The van der Waals surface area contributed by atoms with E-state index < -0.39 is 0 Å². The van der Waals surface area contributed by atoms with Crippen molar-refractivity contribution in [3.8, 4) is 11.3 Å². The van der Waals surface area contributed by atoms with Crippen LogP contribution in [0.25, 0.3) is 11.3 Å². The van der Waals surface area contributed by atoms with Gasteiger partial charge in [0.05, 0.1) is 6.10 Å². The molecule has 4 rings (SSSR count). The summed E-state index contributed by atoms with van der Waals surface area (Å²) < 4.78 is 5.67. The third-order valence-corrected chi connectivity index (χ3v) is 5.24. The average Bonchev–Trinajstić information content (AvgIpc) is 3.01. The first kappa shape index (κ1) is 14.0. The first-order chi connectivity index (χ1) is 10.7. The number of hydrogen-bond acceptors (Lipinski definition) is 3. The average molecular weight is 297 g/mol. The van der Waals surface area contributed by atoms with Crippen molar-refractivity contribution < 1.29 is 9.52 Å². The summed E-state index contributed by atoms with van der Waals surface area (Å²) in [5.74, 6) is 2.86. The molecule has 22 heavy (non-hydrogen) atoms. The highest BCUT2D eigenvalue weighted by molar-refractivity contribution is 5.57. The van der Waals surface area contributed by atoms with Gasteiger partial charge >= 0.3 is 0 Å². The molecule has 1 aliphatic carbocycles. The second-order valence-electron chi connectivity index (χ2n) is 6.89. The molecule has 3 heteroatoms. The lowest BCUT2D eigenvalue weighted by molar-refractivity contribution is 0.0139. The van der Waals surface area contributed by atoms with Gasteiger partial charge in [0, 0.05) is 25.2 Å². The molecule has 1 saturated carbocycles. The minimum Gasteiger partial charge on any atom is -0.461 e. The number of furan rings is 1. The number of aryl methyl sites for hydroxylation is 1. The fourth-order valence-electron chi connectivity index (χ4n) is 4.04. The lowest BCUT2D eigenvalue weighted by atomic mass is 9.94. The third-order valence-electron chi connectivity index (χ3n) is 5.24. The fraction of sp³-hybridized carbons (Fsp3) is 0.474. The topological polar surface area (TPSA) is 36.6 Å². The summed E-state index contributed by atoms with van der Waals surface area (Å²) in [5, 5.41) is 10.1. The van der Waals surface area contributed by atoms with Crippen LogP contribution < -0.4 is 0 Å². The molecule has 1 saturated heterocycles. The molecule has 1 aromatic carbocycles. The molecule has 1 N–H and O–H groups in total.